The maximum absolute atomic E-state index is 11.8. The van der Waals surface area contributed by atoms with Crippen LogP contribution in [0.15, 0.2) is 29.4 Å². The van der Waals surface area contributed by atoms with Gasteiger partial charge < -0.3 is 11.1 Å². The Morgan fingerprint density at radius 1 is 1.36 bits per heavy atom. The molecule has 1 unspecified atom stereocenters. The summed E-state index contributed by atoms with van der Waals surface area (Å²) in [5, 5.41) is 6.82. The number of carbonyl (C=O) groups is 2. The Labute approximate surface area is 135 Å². The number of amides is 2. The van der Waals surface area contributed by atoms with Crippen LogP contribution in [-0.4, -0.2) is 23.6 Å². The van der Waals surface area contributed by atoms with Gasteiger partial charge in [0.05, 0.1) is 11.8 Å². The molecule has 22 heavy (non-hydrogen) atoms. The summed E-state index contributed by atoms with van der Waals surface area (Å²) in [6.45, 7) is 1.99. The number of nitrogens with one attached hydrogen (secondary N) is 2. The molecule has 0 bridgehead atoms. The molecular formula is C15H21ClN4O2. The number of carbonyl (C=O) groups excluding carboxylic acids is 2. The standard InChI is InChI=1S/C15H20N4O2.ClH/c1-2-3-12(16)15(21)17-11-6-4-10(5-7-11)13-8-9-14(20)19-18-13;/h4-7,12H,2-3,8-9,16H2,1H3,(H,17,21)(H,19,20);1H. The van der Waals surface area contributed by atoms with Crippen LogP contribution in [0.4, 0.5) is 5.69 Å². The molecule has 0 saturated heterocycles. The number of hydrogen-bond donors (Lipinski definition) is 3. The monoisotopic (exact) mass is 324 g/mol. The van der Waals surface area contributed by atoms with Crippen LogP contribution in [0.2, 0.25) is 0 Å². The minimum absolute atomic E-state index is 0. The normalized spacial score (nSPS) is 15.2. The first kappa shape index (κ1) is 18.1. The number of anilines is 1. The first-order valence-electron chi connectivity index (χ1n) is 7.12. The molecule has 120 valence electrons. The third-order valence-electron chi connectivity index (χ3n) is 3.33. The van der Waals surface area contributed by atoms with Crippen molar-refractivity contribution in [1.29, 1.82) is 0 Å². The summed E-state index contributed by atoms with van der Waals surface area (Å²) in [6.07, 6.45) is 2.61. The van der Waals surface area contributed by atoms with E-state index < -0.39 is 6.04 Å². The van der Waals surface area contributed by atoms with Gasteiger partial charge in [-0.05, 0) is 24.1 Å². The summed E-state index contributed by atoms with van der Waals surface area (Å²) >= 11 is 0. The van der Waals surface area contributed by atoms with Crippen LogP contribution in [0.5, 0.6) is 0 Å². The molecule has 1 aliphatic heterocycles. The maximum Gasteiger partial charge on any atom is 0.241 e. The van der Waals surface area contributed by atoms with E-state index in [1.807, 2.05) is 31.2 Å². The molecule has 0 aliphatic carbocycles. The van der Waals surface area contributed by atoms with Crippen molar-refractivity contribution in [3.05, 3.63) is 29.8 Å². The summed E-state index contributed by atoms with van der Waals surface area (Å²) in [7, 11) is 0. The van der Waals surface area contributed by atoms with Gasteiger partial charge >= 0.3 is 0 Å². The summed E-state index contributed by atoms with van der Waals surface area (Å²) in [6, 6.07) is 6.89. The zero-order valence-corrected chi connectivity index (χ0v) is 13.3. The number of hydrazone groups is 1. The second-order valence-electron chi connectivity index (χ2n) is 5.06. The second-order valence-corrected chi connectivity index (χ2v) is 5.06. The highest BCUT2D eigenvalue weighted by Gasteiger charge is 2.14. The molecule has 0 saturated carbocycles. The lowest BCUT2D eigenvalue weighted by Crippen LogP contribution is -2.35. The van der Waals surface area contributed by atoms with Crippen LogP contribution in [0.25, 0.3) is 0 Å². The van der Waals surface area contributed by atoms with E-state index in [0.29, 0.717) is 24.9 Å². The molecule has 1 atom stereocenters. The summed E-state index contributed by atoms with van der Waals surface area (Å²) < 4.78 is 0. The Hall–Kier alpha value is -1.92. The number of nitrogens with zero attached hydrogens (tertiary/aromatic N) is 1. The van der Waals surface area contributed by atoms with E-state index in [1.54, 1.807) is 0 Å². The van der Waals surface area contributed by atoms with Gasteiger partial charge in [0.2, 0.25) is 11.8 Å². The molecular weight excluding hydrogens is 304 g/mol. The Balaban J connectivity index is 0.00000242. The van der Waals surface area contributed by atoms with E-state index >= 15 is 0 Å². The minimum Gasteiger partial charge on any atom is -0.325 e. The van der Waals surface area contributed by atoms with Crippen LogP contribution in [0, 0.1) is 0 Å². The van der Waals surface area contributed by atoms with Crippen molar-refractivity contribution < 1.29 is 9.59 Å². The average Bonchev–Trinajstić information content (AvgIpc) is 2.49. The number of hydrogen-bond acceptors (Lipinski definition) is 4. The van der Waals surface area contributed by atoms with Crippen molar-refractivity contribution >= 4 is 35.6 Å². The Morgan fingerprint density at radius 2 is 2.05 bits per heavy atom. The first-order chi connectivity index (χ1) is 10.1. The minimum atomic E-state index is -0.479. The summed E-state index contributed by atoms with van der Waals surface area (Å²) in [5.41, 5.74) is 10.7. The van der Waals surface area contributed by atoms with E-state index in [0.717, 1.165) is 17.7 Å². The van der Waals surface area contributed by atoms with Crippen molar-refractivity contribution in [2.75, 3.05) is 5.32 Å². The third-order valence-corrected chi connectivity index (χ3v) is 3.33. The van der Waals surface area contributed by atoms with Crippen molar-refractivity contribution in [3.8, 4) is 0 Å². The van der Waals surface area contributed by atoms with Crippen molar-refractivity contribution in [3.63, 3.8) is 0 Å². The van der Waals surface area contributed by atoms with Gasteiger partial charge in [0.1, 0.15) is 0 Å². The molecule has 2 amide bonds. The first-order valence-corrected chi connectivity index (χ1v) is 7.12. The fraction of sp³-hybridized carbons (Fsp3) is 0.400. The van der Waals surface area contributed by atoms with Crippen molar-refractivity contribution in [2.45, 2.75) is 38.6 Å². The summed E-state index contributed by atoms with van der Waals surface area (Å²) in [5.74, 6) is -0.237. The van der Waals surface area contributed by atoms with Crippen molar-refractivity contribution in [1.82, 2.24) is 5.43 Å². The average molecular weight is 325 g/mol. The Bertz CT molecular complexity index is 557. The maximum atomic E-state index is 11.8. The van der Waals surface area contributed by atoms with Gasteiger partial charge in [-0.3, -0.25) is 9.59 Å². The lowest BCUT2D eigenvalue weighted by Gasteiger charge is -2.14. The third kappa shape index (κ3) is 4.82. The Morgan fingerprint density at radius 3 is 2.59 bits per heavy atom. The summed E-state index contributed by atoms with van der Waals surface area (Å²) in [4.78, 5) is 22.9. The SMILES string of the molecule is CCCC(N)C(=O)Nc1ccc(C2=NNC(=O)CC2)cc1.Cl. The second kappa shape index (κ2) is 8.51. The zero-order chi connectivity index (χ0) is 15.2. The van der Waals surface area contributed by atoms with Gasteiger partial charge in [0.25, 0.3) is 0 Å². The van der Waals surface area contributed by atoms with Crippen LogP contribution in [-0.2, 0) is 9.59 Å². The molecule has 1 aromatic carbocycles. The highest BCUT2D eigenvalue weighted by atomic mass is 35.5. The molecule has 0 spiro atoms. The highest BCUT2D eigenvalue weighted by Crippen LogP contribution is 2.14. The number of nitrogens with two attached hydrogens (primary N) is 1. The largest absolute Gasteiger partial charge is 0.325 e. The quantitative estimate of drug-likeness (QED) is 0.770. The molecule has 0 radical (unpaired) electrons. The lowest BCUT2D eigenvalue weighted by molar-refractivity contribution is -0.121. The molecule has 4 N–H and O–H groups in total. The molecule has 6 nitrogen and oxygen atoms in total. The van der Waals surface area contributed by atoms with E-state index in [9.17, 15) is 9.59 Å². The molecule has 2 rings (SSSR count). The molecule has 0 fully saturated rings. The smallest absolute Gasteiger partial charge is 0.241 e. The van der Waals surface area contributed by atoms with Crippen molar-refractivity contribution in [2.24, 2.45) is 10.8 Å². The zero-order valence-electron chi connectivity index (χ0n) is 12.5. The molecule has 1 heterocycles. The fourth-order valence-corrected chi connectivity index (χ4v) is 2.11. The molecule has 1 aliphatic rings. The fourth-order valence-electron chi connectivity index (χ4n) is 2.11. The van der Waals surface area contributed by atoms with E-state index in [4.69, 9.17) is 5.73 Å². The van der Waals surface area contributed by atoms with E-state index in [-0.39, 0.29) is 24.2 Å². The molecule has 1 aromatic rings. The Kier molecular flexibility index (Phi) is 7.01. The predicted molar refractivity (Wildman–Crippen MR) is 89.1 cm³/mol. The number of rotatable bonds is 5. The van der Waals surface area contributed by atoms with E-state index in [2.05, 4.69) is 15.8 Å². The molecule has 0 aromatic heterocycles. The van der Waals surface area contributed by atoms with Gasteiger partial charge in [0, 0.05) is 18.5 Å². The van der Waals surface area contributed by atoms with Crippen LogP contribution >= 0.6 is 12.4 Å². The van der Waals surface area contributed by atoms with Crippen LogP contribution < -0.4 is 16.5 Å². The predicted octanol–water partition coefficient (Wildman–Crippen LogP) is 1.79. The van der Waals surface area contributed by atoms with Crippen LogP contribution in [0.1, 0.15) is 38.2 Å². The van der Waals surface area contributed by atoms with E-state index in [1.165, 1.54) is 0 Å². The van der Waals surface area contributed by atoms with Gasteiger partial charge in [-0.25, -0.2) is 5.43 Å². The van der Waals surface area contributed by atoms with Crippen LogP contribution in [0.3, 0.4) is 0 Å². The number of halogens is 1. The lowest BCUT2D eigenvalue weighted by atomic mass is 10.0. The number of benzene rings is 1. The topological polar surface area (TPSA) is 96.6 Å². The van der Waals surface area contributed by atoms with Gasteiger partial charge in [0.15, 0.2) is 0 Å². The highest BCUT2D eigenvalue weighted by molar-refractivity contribution is 6.04. The van der Waals surface area contributed by atoms with Gasteiger partial charge in [-0.15, -0.1) is 12.4 Å². The van der Waals surface area contributed by atoms with Gasteiger partial charge in [-0.1, -0.05) is 25.5 Å². The van der Waals surface area contributed by atoms with Gasteiger partial charge in [-0.2, -0.15) is 5.10 Å². The molecule has 7 heteroatoms.